The molecule has 1 aliphatic carbocycles. The summed E-state index contributed by atoms with van der Waals surface area (Å²) in [6, 6.07) is 0. The van der Waals surface area contributed by atoms with Crippen LogP contribution in [0.5, 0.6) is 0 Å². The van der Waals surface area contributed by atoms with E-state index in [4.69, 9.17) is 4.74 Å². The maximum Gasteiger partial charge on any atom is 0.0696 e. The number of hydrogen-bond acceptors (Lipinski definition) is 2. The van der Waals surface area contributed by atoms with Gasteiger partial charge in [0.05, 0.1) is 6.10 Å². The Bertz CT molecular complexity index is 134. The second-order valence-electron chi connectivity index (χ2n) is 4.34. The quantitative estimate of drug-likeness (QED) is 0.576. The van der Waals surface area contributed by atoms with Crippen molar-refractivity contribution in [3.05, 3.63) is 0 Å². The first-order chi connectivity index (χ1) is 6.86. The van der Waals surface area contributed by atoms with Crippen molar-refractivity contribution in [2.75, 3.05) is 19.7 Å². The number of hydrogen-bond donors (Lipinski definition) is 1. The van der Waals surface area contributed by atoms with Gasteiger partial charge in [0.1, 0.15) is 0 Å². The normalized spacial score (nSPS) is 18.4. The van der Waals surface area contributed by atoms with Gasteiger partial charge in [0.2, 0.25) is 0 Å². The summed E-state index contributed by atoms with van der Waals surface area (Å²) in [5, 5.41) is 3.41. The Kier molecular flexibility index (Phi) is 6.20. The van der Waals surface area contributed by atoms with Gasteiger partial charge in [0.15, 0.2) is 0 Å². The molecule has 0 amide bonds. The van der Waals surface area contributed by atoms with Gasteiger partial charge in [-0.25, -0.2) is 0 Å². The molecule has 1 saturated carbocycles. The van der Waals surface area contributed by atoms with Crippen molar-refractivity contribution < 1.29 is 4.74 Å². The highest BCUT2D eigenvalue weighted by Gasteiger charge is 2.20. The van der Waals surface area contributed by atoms with Gasteiger partial charge >= 0.3 is 0 Å². The summed E-state index contributed by atoms with van der Waals surface area (Å²) in [4.78, 5) is 0. The molecule has 1 atom stereocenters. The highest BCUT2D eigenvalue weighted by atomic mass is 16.5. The first-order valence-corrected chi connectivity index (χ1v) is 6.19. The second-order valence-corrected chi connectivity index (χ2v) is 4.34. The van der Waals surface area contributed by atoms with Crippen LogP contribution in [0.4, 0.5) is 0 Å². The predicted molar refractivity (Wildman–Crippen MR) is 60.5 cm³/mol. The minimum absolute atomic E-state index is 0.431. The lowest BCUT2D eigenvalue weighted by Gasteiger charge is -2.16. The van der Waals surface area contributed by atoms with Crippen LogP contribution >= 0.6 is 0 Å². The molecule has 0 saturated heterocycles. The lowest BCUT2D eigenvalue weighted by molar-refractivity contribution is 0.0471. The van der Waals surface area contributed by atoms with Gasteiger partial charge in [-0.15, -0.1) is 0 Å². The molecule has 14 heavy (non-hydrogen) atoms. The minimum atomic E-state index is 0.431. The van der Waals surface area contributed by atoms with Crippen LogP contribution < -0.4 is 5.32 Å². The predicted octanol–water partition coefficient (Wildman–Crippen LogP) is 2.58. The summed E-state index contributed by atoms with van der Waals surface area (Å²) in [6.07, 6.45) is 6.92. The smallest absolute Gasteiger partial charge is 0.0696 e. The molecule has 1 N–H and O–H groups in total. The topological polar surface area (TPSA) is 21.3 Å². The number of ether oxygens (including phenoxy) is 1. The molecule has 84 valence electrons. The fourth-order valence-corrected chi connectivity index (χ4v) is 1.57. The van der Waals surface area contributed by atoms with E-state index in [2.05, 4.69) is 19.2 Å². The van der Waals surface area contributed by atoms with Gasteiger partial charge in [-0.1, -0.05) is 26.7 Å². The third-order valence-electron chi connectivity index (χ3n) is 2.83. The molecule has 0 spiro atoms. The van der Waals surface area contributed by atoms with E-state index < -0.39 is 0 Å². The van der Waals surface area contributed by atoms with Gasteiger partial charge < -0.3 is 10.1 Å². The Morgan fingerprint density at radius 2 is 2.14 bits per heavy atom. The van der Waals surface area contributed by atoms with Crippen molar-refractivity contribution in [1.29, 1.82) is 0 Å². The Balaban J connectivity index is 1.92. The molecule has 1 fully saturated rings. The van der Waals surface area contributed by atoms with E-state index in [1.54, 1.807) is 0 Å². The van der Waals surface area contributed by atoms with Crippen LogP contribution in [-0.4, -0.2) is 25.8 Å². The SMILES string of the molecule is CCCNCC(CC)OCCC1CC1. The molecule has 2 nitrogen and oxygen atoms in total. The monoisotopic (exact) mass is 199 g/mol. The molecule has 0 aromatic carbocycles. The average Bonchev–Trinajstić information content (AvgIpc) is 2.99. The molecule has 1 rings (SSSR count). The fourth-order valence-electron chi connectivity index (χ4n) is 1.57. The average molecular weight is 199 g/mol. The van der Waals surface area contributed by atoms with Crippen LogP contribution in [0.25, 0.3) is 0 Å². The largest absolute Gasteiger partial charge is 0.377 e. The first kappa shape index (κ1) is 12.0. The lowest BCUT2D eigenvalue weighted by atomic mass is 10.2. The molecule has 0 aromatic rings. The molecule has 0 heterocycles. The van der Waals surface area contributed by atoms with Crippen LogP contribution in [0.1, 0.15) is 46.0 Å². The highest BCUT2D eigenvalue weighted by molar-refractivity contribution is 4.72. The van der Waals surface area contributed by atoms with E-state index >= 15 is 0 Å². The molecule has 2 heteroatoms. The van der Waals surface area contributed by atoms with E-state index in [-0.39, 0.29) is 0 Å². The van der Waals surface area contributed by atoms with Crippen molar-refractivity contribution in [3.63, 3.8) is 0 Å². The molecule has 1 unspecified atom stereocenters. The van der Waals surface area contributed by atoms with Crippen LogP contribution in [0, 0.1) is 5.92 Å². The van der Waals surface area contributed by atoms with E-state index in [1.165, 1.54) is 25.7 Å². The van der Waals surface area contributed by atoms with Crippen LogP contribution in [0.2, 0.25) is 0 Å². The van der Waals surface area contributed by atoms with Crippen molar-refractivity contribution in [2.45, 2.75) is 52.1 Å². The van der Waals surface area contributed by atoms with Crippen molar-refractivity contribution in [1.82, 2.24) is 5.32 Å². The van der Waals surface area contributed by atoms with Gasteiger partial charge in [-0.3, -0.25) is 0 Å². The van der Waals surface area contributed by atoms with Gasteiger partial charge in [-0.2, -0.15) is 0 Å². The highest BCUT2D eigenvalue weighted by Crippen LogP contribution is 2.32. The third kappa shape index (κ3) is 5.61. The summed E-state index contributed by atoms with van der Waals surface area (Å²) in [6.45, 7) is 7.51. The van der Waals surface area contributed by atoms with Gasteiger partial charge in [0, 0.05) is 13.2 Å². The zero-order valence-corrected chi connectivity index (χ0v) is 9.72. The molecule has 0 radical (unpaired) electrons. The second kappa shape index (κ2) is 7.24. The van der Waals surface area contributed by atoms with Crippen molar-refractivity contribution >= 4 is 0 Å². The van der Waals surface area contributed by atoms with E-state index in [9.17, 15) is 0 Å². The van der Waals surface area contributed by atoms with Crippen LogP contribution in [0.3, 0.4) is 0 Å². The molecular weight excluding hydrogens is 174 g/mol. The van der Waals surface area contributed by atoms with E-state index in [0.717, 1.165) is 32.0 Å². The minimum Gasteiger partial charge on any atom is -0.377 e. The summed E-state index contributed by atoms with van der Waals surface area (Å²) in [5.74, 6) is 0.996. The molecular formula is C12H25NO. The fraction of sp³-hybridized carbons (Fsp3) is 1.00. The standard InChI is InChI=1S/C12H25NO/c1-3-8-13-10-12(4-2)14-9-7-11-5-6-11/h11-13H,3-10H2,1-2H3. The summed E-state index contributed by atoms with van der Waals surface area (Å²) >= 11 is 0. The molecule has 1 aliphatic rings. The maximum absolute atomic E-state index is 5.83. The maximum atomic E-state index is 5.83. The van der Waals surface area contributed by atoms with E-state index in [1.807, 2.05) is 0 Å². The van der Waals surface area contributed by atoms with Gasteiger partial charge in [-0.05, 0) is 31.7 Å². The molecule has 0 bridgehead atoms. The zero-order valence-electron chi connectivity index (χ0n) is 9.72. The summed E-state index contributed by atoms with van der Waals surface area (Å²) in [5.41, 5.74) is 0. The summed E-state index contributed by atoms with van der Waals surface area (Å²) in [7, 11) is 0. The molecule has 0 aromatic heterocycles. The molecule has 0 aliphatic heterocycles. The number of rotatable bonds is 9. The number of nitrogens with one attached hydrogen (secondary N) is 1. The Morgan fingerprint density at radius 1 is 1.36 bits per heavy atom. The van der Waals surface area contributed by atoms with Crippen LogP contribution in [0.15, 0.2) is 0 Å². The van der Waals surface area contributed by atoms with Crippen molar-refractivity contribution in [3.8, 4) is 0 Å². The zero-order chi connectivity index (χ0) is 10.2. The Labute approximate surface area is 88.4 Å². The Morgan fingerprint density at radius 3 is 2.71 bits per heavy atom. The Hall–Kier alpha value is -0.0800. The third-order valence-corrected chi connectivity index (χ3v) is 2.83. The summed E-state index contributed by atoms with van der Waals surface area (Å²) < 4.78 is 5.83. The first-order valence-electron chi connectivity index (χ1n) is 6.19. The van der Waals surface area contributed by atoms with E-state index in [0.29, 0.717) is 6.10 Å². The van der Waals surface area contributed by atoms with Crippen molar-refractivity contribution in [2.24, 2.45) is 5.92 Å². The van der Waals surface area contributed by atoms with Gasteiger partial charge in [0.25, 0.3) is 0 Å². The van der Waals surface area contributed by atoms with Crippen LogP contribution in [-0.2, 0) is 4.74 Å². The lowest BCUT2D eigenvalue weighted by Crippen LogP contribution is -2.29.